The van der Waals surface area contributed by atoms with E-state index in [9.17, 15) is 0 Å². The summed E-state index contributed by atoms with van der Waals surface area (Å²) in [6.07, 6.45) is 0. The molecule has 0 N–H and O–H groups in total. The lowest BCUT2D eigenvalue weighted by Crippen LogP contribution is -2.10. The summed E-state index contributed by atoms with van der Waals surface area (Å²) in [5.41, 5.74) is 4.97. The van der Waals surface area contributed by atoms with Crippen LogP contribution in [0.25, 0.3) is 5.69 Å². The molecule has 2 heterocycles. The molecule has 0 atom stereocenters. The lowest BCUT2D eigenvalue weighted by atomic mass is 10.0. The number of aliphatic imine (C=N–C) groups is 1. The number of benzene rings is 3. The molecule has 4 aromatic rings. The van der Waals surface area contributed by atoms with Crippen molar-refractivity contribution in [3.05, 3.63) is 112 Å². The van der Waals surface area contributed by atoms with Gasteiger partial charge in [0.1, 0.15) is 13.2 Å². The number of aromatic nitrogens is 3. The van der Waals surface area contributed by atoms with Crippen molar-refractivity contribution in [2.45, 2.75) is 19.8 Å². The largest absolute Gasteiger partial charge is 0.369 e. The van der Waals surface area contributed by atoms with Gasteiger partial charge in [0, 0.05) is 16.1 Å². The third-order valence-electron chi connectivity index (χ3n) is 5.02. The molecule has 0 aliphatic carbocycles. The number of hydrogen-bond donors (Lipinski definition) is 0. The first-order chi connectivity index (χ1) is 14.8. The van der Waals surface area contributed by atoms with Crippen molar-refractivity contribution in [1.82, 2.24) is 14.8 Å². The zero-order chi connectivity index (χ0) is 20.3. The van der Waals surface area contributed by atoms with E-state index in [4.69, 9.17) is 21.3 Å². The second kappa shape index (κ2) is 8.22. The molecule has 0 unspecified atom stereocenters. The van der Waals surface area contributed by atoms with E-state index >= 15 is 0 Å². The SMILES string of the molecule is Clc1ccc2c(c1)C(c1ccccc1)=NCc1nnc(COCc3ccccc3)n1-2. The summed E-state index contributed by atoms with van der Waals surface area (Å²) in [6, 6.07) is 26.0. The number of rotatable bonds is 5. The molecule has 0 spiro atoms. The average molecular weight is 415 g/mol. The monoisotopic (exact) mass is 414 g/mol. The molecule has 5 rings (SSSR count). The normalized spacial score (nSPS) is 12.6. The van der Waals surface area contributed by atoms with Gasteiger partial charge in [-0.3, -0.25) is 9.56 Å². The van der Waals surface area contributed by atoms with Gasteiger partial charge in [0.15, 0.2) is 11.6 Å². The lowest BCUT2D eigenvalue weighted by Gasteiger charge is -2.14. The highest BCUT2D eigenvalue weighted by Crippen LogP contribution is 2.28. The molecular weight excluding hydrogens is 396 g/mol. The minimum absolute atomic E-state index is 0.352. The summed E-state index contributed by atoms with van der Waals surface area (Å²) in [5, 5.41) is 9.42. The number of fused-ring (bicyclic) bond motifs is 3. The van der Waals surface area contributed by atoms with Gasteiger partial charge < -0.3 is 4.74 Å². The van der Waals surface area contributed by atoms with Crippen molar-refractivity contribution in [3.8, 4) is 5.69 Å². The van der Waals surface area contributed by atoms with Gasteiger partial charge in [0.25, 0.3) is 0 Å². The van der Waals surface area contributed by atoms with Gasteiger partial charge in [-0.25, -0.2) is 0 Å². The molecule has 0 saturated heterocycles. The summed E-state index contributed by atoms with van der Waals surface area (Å²) < 4.78 is 7.97. The van der Waals surface area contributed by atoms with Gasteiger partial charge in [0.2, 0.25) is 0 Å². The molecule has 1 aliphatic heterocycles. The molecule has 3 aromatic carbocycles. The Bertz CT molecular complexity index is 1200. The van der Waals surface area contributed by atoms with Crippen LogP contribution in [0.1, 0.15) is 28.3 Å². The highest BCUT2D eigenvalue weighted by Gasteiger charge is 2.23. The number of ether oxygens (including phenoxy) is 1. The minimum Gasteiger partial charge on any atom is -0.369 e. The Hall–Kier alpha value is -3.28. The van der Waals surface area contributed by atoms with E-state index in [-0.39, 0.29) is 0 Å². The van der Waals surface area contributed by atoms with Gasteiger partial charge in [-0.2, -0.15) is 0 Å². The quantitative estimate of drug-likeness (QED) is 0.462. The van der Waals surface area contributed by atoms with Crippen LogP contribution in [0.5, 0.6) is 0 Å². The molecule has 6 heteroatoms. The molecular formula is C24H19ClN4O. The third kappa shape index (κ3) is 3.65. The number of nitrogens with zero attached hydrogens (tertiary/aromatic N) is 4. The molecule has 0 radical (unpaired) electrons. The second-order valence-corrected chi connectivity index (χ2v) is 7.48. The Labute approximate surface area is 179 Å². The maximum Gasteiger partial charge on any atom is 0.163 e. The van der Waals surface area contributed by atoms with Crippen LogP contribution in [-0.2, 0) is 24.5 Å². The Morgan fingerprint density at radius 2 is 1.63 bits per heavy atom. The number of halogens is 1. The van der Waals surface area contributed by atoms with Crippen molar-refractivity contribution in [2.24, 2.45) is 4.99 Å². The molecule has 0 saturated carbocycles. The molecule has 5 nitrogen and oxygen atoms in total. The fourth-order valence-corrected chi connectivity index (χ4v) is 3.80. The van der Waals surface area contributed by atoms with E-state index < -0.39 is 0 Å². The topological polar surface area (TPSA) is 52.3 Å². The van der Waals surface area contributed by atoms with E-state index in [1.54, 1.807) is 0 Å². The van der Waals surface area contributed by atoms with Crippen molar-refractivity contribution in [2.75, 3.05) is 0 Å². The zero-order valence-corrected chi connectivity index (χ0v) is 17.0. The van der Waals surface area contributed by atoms with Crippen LogP contribution >= 0.6 is 11.6 Å². The molecule has 30 heavy (non-hydrogen) atoms. The average Bonchev–Trinajstić information content (AvgIpc) is 3.10. The van der Waals surface area contributed by atoms with Gasteiger partial charge in [0.05, 0.1) is 18.0 Å². The summed E-state index contributed by atoms with van der Waals surface area (Å²) in [7, 11) is 0. The van der Waals surface area contributed by atoms with Crippen LogP contribution in [0.15, 0.2) is 83.9 Å². The maximum atomic E-state index is 6.35. The van der Waals surface area contributed by atoms with Gasteiger partial charge in [-0.05, 0) is 23.8 Å². The smallest absolute Gasteiger partial charge is 0.163 e. The fraction of sp³-hybridized carbons (Fsp3) is 0.125. The van der Waals surface area contributed by atoms with E-state index in [1.807, 2.05) is 71.3 Å². The Kier molecular flexibility index (Phi) is 5.13. The predicted molar refractivity (Wildman–Crippen MR) is 117 cm³/mol. The van der Waals surface area contributed by atoms with Gasteiger partial charge >= 0.3 is 0 Å². The van der Waals surface area contributed by atoms with E-state index in [0.29, 0.717) is 24.8 Å². The summed E-state index contributed by atoms with van der Waals surface area (Å²) in [5.74, 6) is 1.52. The Balaban J connectivity index is 1.51. The highest BCUT2D eigenvalue weighted by atomic mass is 35.5. The zero-order valence-electron chi connectivity index (χ0n) is 16.2. The van der Waals surface area contributed by atoms with Gasteiger partial charge in [-0.1, -0.05) is 72.3 Å². The lowest BCUT2D eigenvalue weighted by molar-refractivity contribution is 0.100. The van der Waals surface area contributed by atoms with Crippen LogP contribution in [0, 0.1) is 0 Å². The number of hydrogen-bond acceptors (Lipinski definition) is 4. The Morgan fingerprint density at radius 3 is 2.43 bits per heavy atom. The fourth-order valence-electron chi connectivity index (χ4n) is 3.63. The summed E-state index contributed by atoms with van der Waals surface area (Å²) in [6.45, 7) is 1.30. The predicted octanol–water partition coefficient (Wildman–Crippen LogP) is 4.99. The molecule has 0 fully saturated rings. The molecule has 0 amide bonds. The van der Waals surface area contributed by atoms with Crippen LogP contribution in [0.2, 0.25) is 5.02 Å². The van der Waals surface area contributed by atoms with E-state index in [0.717, 1.165) is 39.7 Å². The van der Waals surface area contributed by atoms with Crippen LogP contribution < -0.4 is 0 Å². The standard InChI is InChI=1S/C24H19ClN4O/c25-19-11-12-21-20(13-19)24(18-9-5-2-6-10-18)26-14-22-27-28-23(29(21)22)16-30-15-17-7-3-1-4-8-17/h1-13H,14-16H2. The van der Waals surface area contributed by atoms with E-state index in [1.165, 1.54) is 0 Å². The van der Waals surface area contributed by atoms with E-state index in [2.05, 4.69) is 22.3 Å². The van der Waals surface area contributed by atoms with Crippen molar-refractivity contribution in [1.29, 1.82) is 0 Å². The molecule has 1 aliphatic rings. The van der Waals surface area contributed by atoms with Crippen LogP contribution in [0.3, 0.4) is 0 Å². The first kappa shape index (κ1) is 18.7. The first-order valence-electron chi connectivity index (χ1n) is 9.74. The Morgan fingerprint density at radius 1 is 0.867 bits per heavy atom. The first-order valence-corrected chi connectivity index (χ1v) is 10.1. The highest BCUT2D eigenvalue weighted by molar-refractivity contribution is 6.31. The van der Waals surface area contributed by atoms with Crippen molar-refractivity contribution in [3.63, 3.8) is 0 Å². The third-order valence-corrected chi connectivity index (χ3v) is 5.26. The minimum atomic E-state index is 0.352. The molecule has 1 aromatic heterocycles. The molecule has 148 valence electrons. The van der Waals surface area contributed by atoms with Crippen LogP contribution in [0.4, 0.5) is 0 Å². The maximum absolute atomic E-state index is 6.35. The molecule has 0 bridgehead atoms. The van der Waals surface area contributed by atoms with Crippen molar-refractivity contribution < 1.29 is 4.74 Å². The van der Waals surface area contributed by atoms with Crippen LogP contribution in [-0.4, -0.2) is 20.5 Å². The van der Waals surface area contributed by atoms with Crippen molar-refractivity contribution >= 4 is 17.3 Å². The second-order valence-electron chi connectivity index (χ2n) is 7.04. The summed E-state index contributed by atoms with van der Waals surface area (Å²) in [4.78, 5) is 4.85. The van der Waals surface area contributed by atoms with Gasteiger partial charge in [-0.15, -0.1) is 10.2 Å². The summed E-state index contributed by atoms with van der Waals surface area (Å²) >= 11 is 6.35.